The average molecular weight is 783 g/mol. The summed E-state index contributed by atoms with van der Waals surface area (Å²) in [5.41, 5.74) is 6.15. The van der Waals surface area contributed by atoms with Crippen molar-refractivity contribution in [1.82, 2.24) is 40.1 Å². The van der Waals surface area contributed by atoms with Crippen molar-refractivity contribution >= 4 is 51.9 Å². The molecule has 3 saturated heterocycles. The zero-order valence-electron chi connectivity index (χ0n) is 32.4. The monoisotopic (exact) mass is 782 g/mol. The van der Waals surface area contributed by atoms with E-state index in [-0.39, 0.29) is 18.7 Å². The number of hydrogen-bond donors (Lipinski definition) is 3. The maximum atomic E-state index is 13.3. The standard InChI is InChI=1S/C43H46N10O5/c1-26-4-2-18-51(26)25-38-45-34-13-10-30(22-35(34)46-38)44-40(55)29-8-6-28(7-9-29)36-24-52(49-48-36)19-3-5-27-16-20-50(21-17-27)31-11-12-32-33(23-31)43(58)53(42(32)57)37-14-15-39(54)47-41(37)56/h6-13,22-24,26-27,37H,2-5,14-21,25H2,1H3,(H,44,55)(H,45,46)(H,47,54,56)/t26-,37?/m0/s1. The molecule has 0 spiro atoms. The summed E-state index contributed by atoms with van der Waals surface area (Å²) in [7, 11) is 0. The smallest absolute Gasteiger partial charge is 0.262 e. The van der Waals surface area contributed by atoms with Crippen molar-refractivity contribution in [2.75, 3.05) is 29.9 Å². The SMILES string of the molecule is C[C@H]1CCCN1Cc1nc2ccc(NC(=O)c3ccc(-c4cn(CCCC5CCN(c6ccc7c(c6)C(=O)N(C6CCC(=O)NC6=O)C7=O)CC5)nn4)cc3)cc2[nH]1. The van der Waals surface area contributed by atoms with Gasteiger partial charge in [0, 0.05) is 54.6 Å². The van der Waals surface area contributed by atoms with Gasteiger partial charge in [-0.25, -0.2) is 4.98 Å². The zero-order valence-corrected chi connectivity index (χ0v) is 32.4. The third-order valence-corrected chi connectivity index (χ3v) is 12.2. The lowest BCUT2D eigenvalue weighted by Gasteiger charge is -2.34. The molecule has 15 nitrogen and oxygen atoms in total. The van der Waals surface area contributed by atoms with Gasteiger partial charge in [0.15, 0.2) is 0 Å². The van der Waals surface area contributed by atoms with Gasteiger partial charge in [0.1, 0.15) is 17.6 Å². The van der Waals surface area contributed by atoms with Crippen LogP contribution in [0.5, 0.6) is 0 Å². The number of carbonyl (C=O) groups is 5. The highest BCUT2D eigenvalue weighted by Crippen LogP contribution is 2.33. The Morgan fingerprint density at radius 2 is 1.71 bits per heavy atom. The first kappa shape index (κ1) is 37.4. The summed E-state index contributed by atoms with van der Waals surface area (Å²) in [6.45, 7) is 6.57. The van der Waals surface area contributed by atoms with Gasteiger partial charge in [-0.3, -0.25) is 43.8 Å². The quantitative estimate of drug-likeness (QED) is 0.152. The van der Waals surface area contributed by atoms with Crippen LogP contribution >= 0.6 is 0 Å². The number of aromatic amines is 1. The molecule has 2 aromatic heterocycles. The van der Waals surface area contributed by atoms with Crippen molar-refractivity contribution in [2.24, 2.45) is 5.92 Å². The normalized spacial score (nSPS) is 20.3. The summed E-state index contributed by atoms with van der Waals surface area (Å²) in [6.07, 6.45) is 8.64. The number of aromatic nitrogens is 5. The van der Waals surface area contributed by atoms with Crippen molar-refractivity contribution in [3.8, 4) is 11.3 Å². The van der Waals surface area contributed by atoms with Gasteiger partial charge in [-0.2, -0.15) is 0 Å². The summed E-state index contributed by atoms with van der Waals surface area (Å²) < 4.78 is 1.87. The van der Waals surface area contributed by atoms with E-state index in [1.54, 1.807) is 24.3 Å². The molecule has 6 heterocycles. The van der Waals surface area contributed by atoms with Gasteiger partial charge in [0.2, 0.25) is 11.8 Å². The molecule has 3 N–H and O–H groups in total. The number of nitrogens with one attached hydrogen (secondary N) is 3. The zero-order chi connectivity index (χ0) is 39.9. The number of likely N-dealkylation sites (tertiary alicyclic amines) is 1. The number of anilines is 2. The summed E-state index contributed by atoms with van der Waals surface area (Å²) in [5.74, 6) is -0.676. The molecule has 0 radical (unpaired) electrons. The molecule has 3 fully saturated rings. The Bertz CT molecular complexity index is 2410. The topological polar surface area (TPSA) is 179 Å². The molecular formula is C43H46N10O5. The highest BCUT2D eigenvalue weighted by Gasteiger charge is 2.44. The number of H-pyrrole nitrogens is 1. The summed E-state index contributed by atoms with van der Waals surface area (Å²) in [5, 5.41) is 14.0. The molecule has 0 aliphatic carbocycles. The Morgan fingerprint density at radius 1 is 0.897 bits per heavy atom. The Labute approximate surface area is 335 Å². The van der Waals surface area contributed by atoms with E-state index in [1.165, 1.54) is 12.8 Å². The number of amides is 5. The minimum atomic E-state index is -0.973. The first-order valence-electron chi connectivity index (χ1n) is 20.3. The maximum Gasteiger partial charge on any atom is 0.262 e. The lowest BCUT2D eigenvalue weighted by molar-refractivity contribution is -0.136. The highest BCUT2D eigenvalue weighted by atomic mass is 16.2. The molecular weight excluding hydrogens is 737 g/mol. The van der Waals surface area contributed by atoms with Gasteiger partial charge >= 0.3 is 0 Å². The second-order valence-electron chi connectivity index (χ2n) is 16.0. The van der Waals surface area contributed by atoms with Crippen molar-refractivity contribution in [1.29, 1.82) is 0 Å². The lowest BCUT2D eigenvalue weighted by Crippen LogP contribution is -2.54. The van der Waals surface area contributed by atoms with Crippen LogP contribution in [0.3, 0.4) is 0 Å². The van der Waals surface area contributed by atoms with Crippen LogP contribution in [0.1, 0.15) is 95.2 Å². The molecule has 58 heavy (non-hydrogen) atoms. The molecule has 298 valence electrons. The van der Waals surface area contributed by atoms with Crippen LogP contribution in [0, 0.1) is 5.92 Å². The van der Waals surface area contributed by atoms with Crippen LogP contribution in [-0.4, -0.2) is 96.0 Å². The fraction of sp³-hybridized carbons (Fsp3) is 0.395. The number of hydrogen-bond acceptors (Lipinski definition) is 10. The highest BCUT2D eigenvalue weighted by molar-refractivity contribution is 6.23. The van der Waals surface area contributed by atoms with Gasteiger partial charge in [0.25, 0.3) is 17.7 Å². The lowest BCUT2D eigenvalue weighted by atomic mass is 9.91. The van der Waals surface area contributed by atoms with Crippen molar-refractivity contribution in [3.05, 3.63) is 89.4 Å². The first-order chi connectivity index (χ1) is 28.2. The van der Waals surface area contributed by atoms with Crippen LogP contribution in [0.25, 0.3) is 22.3 Å². The van der Waals surface area contributed by atoms with Gasteiger partial charge in [0.05, 0.1) is 34.9 Å². The number of rotatable bonds is 11. The van der Waals surface area contributed by atoms with Crippen molar-refractivity contribution in [3.63, 3.8) is 0 Å². The molecule has 3 aromatic carbocycles. The van der Waals surface area contributed by atoms with Crippen LogP contribution in [-0.2, 0) is 22.7 Å². The molecule has 4 aliphatic heterocycles. The van der Waals surface area contributed by atoms with E-state index >= 15 is 0 Å². The Kier molecular flexibility index (Phi) is 10.1. The minimum absolute atomic E-state index is 0.0908. The number of fused-ring (bicyclic) bond motifs is 2. The number of piperidine rings is 2. The second kappa shape index (κ2) is 15.6. The number of imide groups is 2. The van der Waals surface area contributed by atoms with E-state index in [0.29, 0.717) is 34.3 Å². The molecule has 4 aliphatic rings. The molecule has 5 aromatic rings. The van der Waals surface area contributed by atoms with E-state index in [4.69, 9.17) is 4.98 Å². The van der Waals surface area contributed by atoms with Crippen LogP contribution in [0.4, 0.5) is 11.4 Å². The predicted octanol–water partition coefficient (Wildman–Crippen LogP) is 5.16. The number of imidazole rings is 1. The molecule has 5 amide bonds. The Balaban J connectivity index is 0.732. The van der Waals surface area contributed by atoms with E-state index in [0.717, 1.165) is 97.1 Å². The second-order valence-corrected chi connectivity index (χ2v) is 16.0. The Morgan fingerprint density at radius 3 is 2.48 bits per heavy atom. The molecule has 15 heteroatoms. The number of carbonyl (C=O) groups excluding carboxylic acids is 5. The first-order valence-corrected chi connectivity index (χ1v) is 20.3. The third-order valence-electron chi connectivity index (χ3n) is 12.2. The van der Waals surface area contributed by atoms with Crippen LogP contribution in [0.15, 0.2) is 66.9 Å². The van der Waals surface area contributed by atoms with Crippen molar-refractivity contribution < 1.29 is 24.0 Å². The largest absolute Gasteiger partial charge is 0.371 e. The minimum Gasteiger partial charge on any atom is -0.371 e. The van der Waals surface area contributed by atoms with E-state index in [2.05, 4.69) is 42.7 Å². The van der Waals surface area contributed by atoms with Gasteiger partial charge in [-0.15, -0.1) is 5.10 Å². The molecule has 9 rings (SSSR count). The maximum absolute atomic E-state index is 13.3. The molecule has 2 atom stereocenters. The van der Waals surface area contributed by atoms with E-state index in [1.807, 2.05) is 47.3 Å². The average Bonchev–Trinajstić information content (AvgIpc) is 4.02. The van der Waals surface area contributed by atoms with Crippen LogP contribution < -0.4 is 15.5 Å². The van der Waals surface area contributed by atoms with Gasteiger partial charge in [-0.05, 0) is 113 Å². The van der Waals surface area contributed by atoms with E-state index < -0.39 is 29.7 Å². The summed E-state index contributed by atoms with van der Waals surface area (Å²) in [4.78, 5) is 77.4. The Hall–Kier alpha value is -6.22. The number of nitrogens with zero attached hydrogens (tertiary/aromatic N) is 7. The van der Waals surface area contributed by atoms with Gasteiger partial charge < -0.3 is 15.2 Å². The fourth-order valence-corrected chi connectivity index (χ4v) is 8.85. The summed E-state index contributed by atoms with van der Waals surface area (Å²) in [6, 6.07) is 18.0. The van der Waals surface area contributed by atoms with E-state index in [9.17, 15) is 24.0 Å². The van der Waals surface area contributed by atoms with Gasteiger partial charge in [-0.1, -0.05) is 17.3 Å². The third kappa shape index (κ3) is 7.49. The van der Waals surface area contributed by atoms with Crippen molar-refractivity contribution in [2.45, 2.75) is 83.5 Å². The number of benzene rings is 3. The molecule has 0 saturated carbocycles. The number of aryl methyl sites for hydroxylation is 1. The molecule has 0 bridgehead atoms. The fourth-order valence-electron chi connectivity index (χ4n) is 8.85. The summed E-state index contributed by atoms with van der Waals surface area (Å²) >= 11 is 0. The van der Waals surface area contributed by atoms with Crippen LogP contribution in [0.2, 0.25) is 0 Å². The predicted molar refractivity (Wildman–Crippen MR) is 216 cm³/mol. The molecule has 1 unspecified atom stereocenters.